The summed E-state index contributed by atoms with van der Waals surface area (Å²) in [5, 5.41) is 0. The fraction of sp³-hybridized carbons (Fsp3) is 0.522. The number of hydrogen-bond acceptors (Lipinski definition) is 6. The Morgan fingerprint density at radius 3 is 2.45 bits per heavy atom. The van der Waals surface area contributed by atoms with Gasteiger partial charge in [0, 0.05) is 55.2 Å². The molecule has 1 aliphatic heterocycles. The van der Waals surface area contributed by atoms with Crippen molar-refractivity contribution in [1.82, 2.24) is 0 Å². The first kappa shape index (κ1) is 21.1. The van der Waals surface area contributed by atoms with Crippen LogP contribution in [-0.4, -0.2) is 45.8 Å². The Hall–Kier alpha value is -2.63. The van der Waals surface area contributed by atoms with E-state index in [2.05, 4.69) is 13.8 Å². The predicted octanol–water partition coefficient (Wildman–Crippen LogP) is 3.75. The Labute approximate surface area is 172 Å². The molecular formula is C23H30N2O4. The number of Topliss-reactive ketones (excluding diaryl/α,β-unsaturated/α-hetero) is 1. The second kappa shape index (κ2) is 7.65. The molecule has 6 heteroatoms. The molecule has 0 N–H and O–H groups in total. The van der Waals surface area contributed by atoms with Gasteiger partial charge in [0.1, 0.15) is 11.5 Å². The molecular weight excluding hydrogens is 368 g/mol. The molecule has 1 aliphatic carbocycles. The molecule has 6 nitrogen and oxygen atoms in total. The zero-order valence-corrected chi connectivity index (χ0v) is 18.3. The second-order valence-electron chi connectivity index (χ2n) is 8.85. The number of carbonyl (C=O) groups excluding carboxylic acids is 2. The van der Waals surface area contributed by atoms with Gasteiger partial charge in [0.25, 0.3) is 0 Å². The number of aliphatic imine (C=N–C) groups is 1. The Bertz CT molecular complexity index is 911. The van der Waals surface area contributed by atoms with Crippen molar-refractivity contribution >= 4 is 23.2 Å². The van der Waals surface area contributed by atoms with E-state index in [1.165, 1.54) is 7.11 Å². The third-order valence-corrected chi connectivity index (χ3v) is 5.84. The zero-order valence-electron chi connectivity index (χ0n) is 18.3. The van der Waals surface area contributed by atoms with Crippen LogP contribution in [0.3, 0.4) is 0 Å². The number of ether oxygens (including phenoxy) is 2. The van der Waals surface area contributed by atoms with E-state index < -0.39 is 17.8 Å². The van der Waals surface area contributed by atoms with Crippen LogP contribution in [0, 0.1) is 11.3 Å². The molecule has 0 aromatic heterocycles. The quantitative estimate of drug-likeness (QED) is 0.723. The van der Waals surface area contributed by atoms with Gasteiger partial charge in [0.2, 0.25) is 0 Å². The molecule has 0 amide bonds. The van der Waals surface area contributed by atoms with Crippen LogP contribution in [0.2, 0.25) is 0 Å². The molecule has 1 heterocycles. The van der Waals surface area contributed by atoms with Crippen molar-refractivity contribution in [1.29, 1.82) is 0 Å². The van der Waals surface area contributed by atoms with Crippen LogP contribution in [0.4, 0.5) is 5.69 Å². The maximum Gasteiger partial charge on any atom is 0.336 e. The van der Waals surface area contributed by atoms with E-state index in [-0.39, 0.29) is 11.2 Å². The summed E-state index contributed by atoms with van der Waals surface area (Å²) in [4.78, 5) is 32.7. The van der Waals surface area contributed by atoms with Crippen LogP contribution >= 0.6 is 0 Å². The number of carbonyl (C=O) groups is 2. The Morgan fingerprint density at radius 2 is 1.86 bits per heavy atom. The predicted molar refractivity (Wildman–Crippen MR) is 114 cm³/mol. The molecule has 0 spiro atoms. The highest BCUT2D eigenvalue weighted by atomic mass is 16.5. The lowest BCUT2D eigenvalue weighted by Crippen LogP contribution is -2.44. The first-order chi connectivity index (χ1) is 13.6. The van der Waals surface area contributed by atoms with E-state index in [0.717, 1.165) is 23.4 Å². The molecule has 1 fully saturated rings. The largest absolute Gasteiger partial charge is 0.496 e. The summed E-state index contributed by atoms with van der Waals surface area (Å²) in [6, 6.07) is 5.86. The lowest BCUT2D eigenvalue weighted by atomic mass is 9.63. The first-order valence-electron chi connectivity index (χ1n) is 9.84. The van der Waals surface area contributed by atoms with Gasteiger partial charge in [-0.05, 0) is 24.8 Å². The minimum Gasteiger partial charge on any atom is -0.496 e. The van der Waals surface area contributed by atoms with E-state index in [4.69, 9.17) is 14.5 Å². The third kappa shape index (κ3) is 3.80. The number of benzene rings is 1. The van der Waals surface area contributed by atoms with Gasteiger partial charge in [-0.25, -0.2) is 4.79 Å². The first-order valence-corrected chi connectivity index (χ1v) is 9.84. The molecule has 156 valence electrons. The van der Waals surface area contributed by atoms with Gasteiger partial charge in [-0.3, -0.25) is 9.79 Å². The molecule has 2 aliphatic rings. The van der Waals surface area contributed by atoms with Gasteiger partial charge in [0.15, 0.2) is 0 Å². The summed E-state index contributed by atoms with van der Waals surface area (Å²) in [6.07, 6.45) is 1.18. The van der Waals surface area contributed by atoms with Crippen LogP contribution < -0.4 is 9.64 Å². The van der Waals surface area contributed by atoms with E-state index in [0.29, 0.717) is 23.4 Å². The SMILES string of the molecule is COC(=O)C1=C(C)N=C2CC(C)(C)CC(=O)C2C1c1ccc(N(C)C)cc1OC. The molecule has 1 aromatic carbocycles. The molecule has 2 atom stereocenters. The third-order valence-electron chi connectivity index (χ3n) is 5.84. The highest BCUT2D eigenvalue weighted by Crippen LogP contribution is 2.49. The molecule has 0 radical (unpaired) electrons. The minimum absolute atomic E-state index is 0.109. The molecule has 3 rings (SSSR count). The normalized spacial score (nSPS) is 23.3. The fourth-order valence-electron chi connectivity index (χ4n) is 4.54. The summed E-state index contributed by atoms with van der Waals surface area (Å²) in [5.41, 5.74) is 3.54. The van der Waals surface area contributed by atoms with Crippen LogP contribution in [0.25, 0.3) is 0 Å². The number of nitrogens with zero attached hydrogens (tertiary/aromatic N) is 2. The molecule has 1 aromatic rings. The number of rotatable bonds is 4. The van der Waals surface area contributed by atoms with Crippen LogP contribution in [0.1, 0.15) is 45.1 Å². The number of fused-ring (bicyclic) bond motifs is 1. The highest BCUT2D eigenvalue weighted by molar-refractivity contribution is 6.12. The molecule has 29 heavy (non-hydrogen) atoms. The van der Waals surface area contributed by atoms with E-state index in [9.17, 15) is 9.59 Å². The lowest BCUT2D eigenvalue weighted by Gasteiger charge is -2.41. The van der Waals surface area contributed by atoms with Gasteiger partial charge in [-0.2, -0.15) is 0 Å². The lowest BCUT2D eigenvalue weighted by molar-refractivity contribution is -0.136. The standard InChI is InChI=1S/C23H30N2O4/c1-13-19(22(27)29-7)20(15-9-8-14(25(4)5)10-18(15)28-6)21-16(24-13)11-23(2,3)12-17(21)26/h8-10,20-21H,11-12H2,1-7H3. The van der Waals surface area contributed by atoms with Crippen LogP contribution in [0.15, 0.2) is 34.5 Å². The summed E-state index contributed by atoms with van der Waals surface area (Å²) in [5.74, 6) is -0.636. The van der Waals surface area contributed by atoms with Crippen molar-refractivity contribution in [2.75, 3.05) is 33.2 Å². The number of methoxy groups -OCH3 is 2. The number of anilines is 1. The summed E-state index contributed by atoms with van der Waals surface area (Å²) >= 11 is 0. The van der Waals surface area contributed by atoms with Gasteiger partial charge in [-0.15, -0.1) is 0 Å². The summed E-state index contributed by atoms with van der Waals surface area (Å²) in [7, 11) is 6.88. The maximum absolute atomic E-state index is 13.3. The van der Waals surface area contributed by atoms with Crippen molar-refractivity contribution in [2.24, 2.45) is 16.3 Å². The smallest absolute Gasteiger partial charge is 0.336 e. The molecule has 1 saturated carbocycles. The van der Waals surface area contributed by atoms with Crippen molar-refractivity contribution in [2.45, 2.75) is 39.5 Å². The monoisotopic (exact) mass is 398 g/mol. The van der Waals surface area contributed by atoms with E-state index in [1.807, 2.05) is 44.1 Å². The van der Waals surface area contributed by atoms with Crippen LogP contribution in [0.5, 0.6) is 5.75 Å². The summed E-state index contributed by atoms with van der Waals surface area (Å²) in [6.45, 7) is 5.98. The molecule has 2 unspecified atom stereocenters. The van der Waals surface area contributed by atoms with Gasteiger partial charge in [-0.1, -0.05) is 19.9 Å². The maximum atomic E-state index is 13.3. The van der Waals surface area contributed by atoms with Crippen molar-refractivity contribution in [3.63, 3.8) is 0 Å². The van der Waals surface area contributed by atoms with Crippen molar-refractivity contribution < 1.29 is 19.1 Å². The Balaban J connectivity index is 2.23. The Kier molecular flexibility index (Phi) is 5.57. The van der Waals surface area contributed by atoms with Gasteiger partial charge >= 0.3 is 5.97 Å². The fourth-order valence-corrected chi connectivity index (χ4v) is 4.54. The zero-order chi connectivity index (χ0) is 21.5. The molecule has 0 saturated heterocycles. The number of hydrogen-bond donors (Lipinski definition) is 0. The Morgan fingerprint density at radius 1 is 1.17 bits per heavy atom. The van der Waals surface area contributed by atoms with Crippen LogP contribution in [-0.2, 0) is 14.3 Å². The van der Waals surface area contributed by atoms with E-state index in [1.54, 1.807) is 7.11 Å². The van der Waals surface area contributed by atoms with Gasteiger partial charge < -0.3 is 14.4 Å². The number of ketones is 1. The second-order valence-corrected chi connectivity index (χ2v) is 8.85. The summed E-state index contributed by atoms with van der Waals surface area (Å²) < 4.78 is 10.8. The number of allylic oxidation sites excluding steroid dienone is 1. The van der Waals surface area contributed by atoms with Gasteiger partial charge in [0.05, 0.1) is 25.7 Å². The van der Waals surface area contributed by atoms with Crippen molar-refractivity contribution in [3.05, 3.63) is 35.0 Å². The average molecular weight is 399 g/mol. The highest BCUT2D eigenvalue weighted by Gasteiger charge is 2.48. The minimum atomic E-state index is -0.472. The molecule has 0 bridgehead atoms. The topological polar surface area (TPSA) is 68.2 Å². The average Bonchev–Trinajstić information content (AvgIpc) is 2.64. The number of esters is 1. The van der Waals surface area contributed by atoms with E-state index >= 15 is 0 Å². The van der Waals surface area contributed by atoms with Crippen molar-refractivity contribution in [3.8, 4) is 5.75 Å².